The lowest BCUT2D eigenvalue weighted by atomic mass is 9.84. The molecule has 1 atom stereocenters. The highest BCUT2D eigenvalue weighted by atomic mass is 16.6. The van der Waals surface area contributed by atoms with Crippen LogP contribution in [0.15, 0.2) is 83.7 Å². The van der Waals surface area contributed by atoms with Gasteiger partial charge in [-0.05, 0) is 41.5 Å². The molecule has 2 aromatic heterocycles. The Morgan fingerprint density at radius 3 is 2.58 bits per heavy atom. The number of benzene rings is 3. The first kappa shape index (κ1) is 22.8. The van der Waals surface area contributed by atoms with Crippen LogP contribution in [-0.2, 0) is 12.6 Å². The molecule has 2 heterocycles. The number of ether oxygens (including phenoxy) is 1. The molecule has 2 N–H and O–H groups in total. The average molecular weight is 479 g/mol. The van der Waals surface area contributed by atoms with Crippen LogP contribution < -0.4 is 10.5 Å². The molecule has 0 saturated carbocycles. The van der Waals surface area contributed by atoms with Crippen molar-refractivity contribution in [2.45, 2.75) is 5.54 Å². The molecule has 0 fully saturated rings. The van der Waals surface area contributed by atoms with Crippen LogP contribution in [0.1, 0.15) is 22.6 Å². The van der Waals surface area contributed by atoms with Crippen LogP contribution in [0.5, 0.6) is 5.75 Å². The summed E-state index contributed by atoms with van der Waals surface area (Å²) >= 11 is 0. The molecule has 9 heteroatoms. The first-order chi connectivity index (χ1) is 17.3. The summed E-state index contributed by atoms with van der Waals surface area (Å²) in [5.74, 6) is 0.982. The van der Waals surface area contributed by atoms with Crippen LogP contribution in [0.2, 0.25) is 0 Å². The third-order valence-electron chi connectivity index (χ3n) is 6.27. The van der Waals surface area contributed by atoms with Gasteiger partial charge in [0.05, 0.1) is 41.9 Å². The van der Waals surface area contributed by atoms with Crippen molar-refractivity contribution in [1.82, 2.24) is 9.55 Å². The number of nitro groups is 1. The van der Waals surface area contributed by atoms with Crippen LogP contribution in [0.4, 0.5) is 5.69 Å². The summed E-state index contributed by atoms with van der Waals surface area (Å²) in [7, 11) is 3.38. The maximum atomic E-state index is 11.8. The smallest absolute Gasteiger partial charge is 0.270 e. The number of nitriles is 1. The van der Waals surface area contributed by atoms with Gasteiger partial charge in [0.2, 0.25) is 0 Å². The Labute approximate surface area is 206 Å². The minimum atomic E-state index is -1.29. The van der Waals surface area contributed by atoms with Crippen molar-refractivity contribution in [2.75, 3.05) is 7.11 Å². The number of rotatable bonds is 6. The van der Waals surface area contributed by atoms with E-state index in [0.29, 0.717) is 50.4 Å². The Morgan fingerprint density at radius 1 is 1.17 bits per heavy atom. The molecule has 5 rings (SSSR count). The molecule has 9 nitrogen and oxygen atoms in total. The quantitative estimate of drug-likeness (QED) is 0.271. The van der Waals surface area contributed by atoms with Crippen LogP contribution in [0, 0.1) is 21.4 Å². The van der Waals surface area contributed by atoms with Gasteiger partial charge in [-0.15, -0.1) is 0 Å². The second kappa shape index (κ2) is 8.69. The number of hydrogen-bond donors (Lipinski definition) is 1. The number of nitrogens with zero attached hydrogens (tertiary/aromatic N) is 4. The van der Waals surface area contributed by atoms with E-state index in [1.807, 2.05) is 19.2 Å². The van der Waals surface area contributed by atoms with E-state index >= 15 is 0 Å². The molecule has 5 aromatic rings. The molecule has 0 unspecified atom stereocenters. The van der Waals surface area contributed by atoms with Crippen LogP contribution in [0.25, 0.3) is 22.1 Å². The van der Waals surface area contributed by atoms with E-state index in [4.69, 9.17) is 14.9 Å². The third-order valence-corrected chi connectivity index (χ3v) is 6.27. The molecule has 0 saturated heterocycles. The predicted octanol–water partition coefficient (Wildman–Crippen LogP) is 4.87. The van der Waals surface area contributed by atoms with Gasteiger partial charge in [0, 0.05) is 30.1 Å². The molecule has 0 spiro atoms. The Kier molecular flexibility index (Phi) is 5.51. The number of aryl methyl sites for hydroxylation is 1. The van der Waals surface area contributed by atoms with Crippen molar-refractivity contribution >= 4 is 16.7 Å². The van der Waals surface area contributed by atoms with Crippen molar-refractivity contribution in [2.24, 2.45) is 12.8 Å². The lowest BCUT2D eigenvalue weighted by Crippen LogP contribution is -2.40. The number of aromatic nitrogens is 2. The standard InChI is InChI=1S/C27H21N5O4/c1-31-16-30-15-24(31)27(29,20-8-6-17(14-28)7-9-20)25-12-19-10-21(32(33)34)13-23(26(19)36-25)18-4-3-5-22(11-18)35-2/h3-13,15-16H,29H2,1-2H3/t27-/m0/s1. The zero-order chi connectivity index (χ0) is 25.4. The molecule has 0 amide bonds. The number of imidazole rings is 1. The molecule has 0 radical (unpaired) electrons. The lowest BCUT2D eigenvalue weighted by Gasteiger charge is -2.28. The minimum absolute atomic E-state index is 0.0748. The second-order valence-electron chi connectivity index (χ2n) is 8.40. The average Bonchev–Trinajstić information content (AvgIpc) is 3.54. The van der Waals surface area contributed by atoms with Gasteiger partial charge in [0.1, 0.15) is 22.6 Å². The summed E-state index contributed by atoms with van der Waals surface area (Å²) in [5, 5.41) is 21.5. The van der Waals surface area contributed by atoms with E-state index < -0.39 is 10.5 Å². The maximum Gasteiger partial charge on any atom is 0.270 e. The summed E-state index contributed by atoms with van der Waals surface area (Å²) < 4.78 is 13.6. The van der Waals surface area contributed by atoms with Crippen molar-refractivity contribution in [3.63, 3.8) is 0 Å². The van der Waals surface area contributed by atoms with E-state index in [2.05, 4.69) is 11.1 Å². The van der Waals surface area contributed by atoms with E-state index in [9.17, 15) is 15.4 Å². The SMILES string of the molecule is COc1cccc(-c2cc([N+](=O)[O-])cc3cc([C@](N)(c4ccc(C#N)cc4)c4cncn4C)oc23)c1. The van der Waals surface area contributed by atoms with Crippen LogP contribution >= 0.6 is 0 Å². The number of methoxy groups -OCH3 is 1. The second-order valence-corrected chi connectivity index (χ2v) is 8.40. The molecule has 36 heavy (non-hydrogen) atoms. The topological polar surface area (TPSA) is 133 Å². The first-order valence-electron chi connectivity index (χ1n) is 11.0. The number of fused-ring (bicyclic) bond motifs is 1. The van der Waals surface area contributed by atoms with Crippen molar-refractivity contribution in [3.8, 4) is 22.9 Å². The molecule has 0 aliphatic carbocycles. The molecular weight excluding hydrogens is 458 g/mol. The highest BCUT2D eigenvalue weighted by Crippen LogP contribution is 2.41. The van der Waals surface area contributed by atoms with E-state index in [1.165, 1.54) is 12.1 Å². The molecule has 178 valence electrons. The van der Waals surface area contributed by atoms with Gasteiger partial charge in [0.25, 0.3) is 5.69 Å². The predicted molar refractivity (Wildman–Crippen MR) is 133 cm³/mol. The monoisotopic (exact) mass is 479 g/mol. The normalized spacial score (nSPS) is 12.7. The minimum Gasteiger partial charge on any atom is -0.497 e. The summed E-state index contributed by atoms with van der Waals surface area (Å²) in [6, 6.07) is 20.9. The van der Waals surface area contributed by atoms with E-state index in [1.54, 1.807) is 66.7 Å². The fraction of sp³-hybridized carbons (Fsp3) is 0.111. The fourth-order valence-electron chi connectivity index (χ4n) is 4.40. The van der Waals surface area contributed by atoms with Gasteiger partial charge < -0.3 is 19.5 Å². The molecular formula is C27H21N5O4. The Hall–Kier alpha value is -4.94. The number of nitrogens with two attached hydrogens (primary N) is 1. The van der Waals surface area contributed by atoms with Gasteiger partial charge >= 0.3 is 0 Å². The number of non-ortho nitro benzene ring substituents is 1. The van der Waals surface area contributed by atoms with Crippen molar-refractivity contribution in [1.29, 1.82) is 5.26 Å². The van der Waals surface area contributed by atoms with Crippen molar-refractivity contribution in [3.05, 3.63) is 112 Å². The third kappa shape index (κ3) is 3.66. The van der Waals surface area contributed by atoms with Gasteiger partial charge in [-0.2, -0.15) is 5.26 Å². The molecule has 0 aliphatic heterocycles. The van der Waals surface area contributed by atoms with Gasteiger partial charge in [0.15, 0.2) is 0 Å². The Morgan fingerprint density at radius 2 is 1.94 bits per heavy atom. The Balaban J connectivity index is 1.80. The highest BCUT2D eigenvalue weighted by Gasteiger charge is 2.38. The van der Waals surface area contributed by atoms with Gasteiger partial charge in [-0.1, -0.05) is 24.3 Å². The van der Waals surface area contributed by atoms with Crippen LogP contribution in [-0.4, -0.2) is 21.6 Å². The van der Waals surface area contributed by atoms with Crippen LogP contribution in [0.3, 0.4) is 0 Å². The summed E-state index contributed by atoms with van der Waals surface area (Å²) in [6.45, 7) is 0. The number of hydrogen-bond acceptors (Lipinski definition) is 7. The molecule has 0 aliphatic rings. The first-order valence-corrected chi connectivity index (χ1v) is 11.0. The fourth-order valence-corrected chi connectivity index (χ4v) is 4.40. The van der Waals surface area contributed by atoms with Crippen molar-refractivity contribution < 1.29 is 14.1 Å². The zero-order valence-electron chi connectivity index (χ0n) is 19.5. The van der Waals surface area contributed by atoms with Gasteiger partial charge in [-0.25, -0.2) is 4.98 Å². The van der Waals surface area contributed by atoms with E-state index in [0.717, 1.165) is 0 Å². The highest BCUT2D eigenvalue weighted by molar-refractivity contribution is 5.95. The Bertz CT molecular complexity index is 1650. The lowest BCUT2D eigenvalue weighted by molar-refractivity contribution is -0.384. The largest absolute Gasteiger partial charge is 0.497 e. The summed E-state index contributed by atoms with van der Waals surface area (Å²) in [5.41, 5.74) is 9.23. The van der Waals surface area contributed by atoms with E-state index in [-0.39, 0.29) is 5.69 Å². The molecule has 0 bridgehead atoms. The van der Waals surface area contributed by atoms with Gasteiger partial charge in [-0.3, -0.25) is 10.1 Å². The zero-order valence-corrected chi connectivity index (χ0v) is 19.5. The summed E-state index contributed by atoms with van der Waals surface area (Å²) in [4.78, 5) is 15.6. The maximum absolute atomic E-state index is 11.8. The molecule has 3 aromatic carbocycles. The summed E-state index contributed by atoms with van der Waals surface area (Å²) in [6.07, 6.45) is 3.28. The number of nitro benzene ring substituents is 1. The number of furan rings is 1.